The second kappa shape index (κ2) is 6.61. The van der Waals surface area contributed by atoms with E-state index in [9.17, 15) is 4.79 Å². The van der Waals surface area contributed by atoms with Gasteiger partial charge in [-0.25, -0.2) is 0 Å². The number of benzene rings is 3. The molecule has 0 atom stereocenters. The molecule has 3 aromatic rings. The molecule has 1 amide bonds. The fourth-order valence-corrected chi connectivity index (χ4v) is 3.42. The molecule has 4 rings (SSSR count). The molecule has 0 bridgehead atoms. The number of rotatable bonds is 2. The summed E-state index contributed by atoms with van der Waals surface area (Å²) in [6.07, 6.45) is 4.17. The molecule has 3 aromatic carbocycles. The van der Waals surface area contributed by atoms with Crippen molar-refractivity contribution in [1.82, 2.24) is 0 Å². The summed E-state index contributed by atoms with van der Waals surface area (Å²) in [7, 11) is 0. The van der Waals surface area contributed by atoms with E-state index < -0.39 is 0 Å². The maximum atomic E-state index is 13.2. The van der Waals surface area contributed by atoms with Crippen LogP contribution in [0.5, 0.6) is 0 Å². The summed E-state index contributed by atoms with van der Waals surface area (Å²) in [5.74, 6) is -0.365. The van der Waals surface area contributed by atoms with Gasteiger partial charge in [0.2, 0.25) is 5.91 Å². The Morgan fingerprint density at radius 3 is 1.84 bits per heavy atom. The first kappa shape index (κ1) is 15.7. The van der Waals surface area contributed by atoms with Crippen molar-refractivity contribution in [3.05, 3.63) is 95.1 Å². The van der Waals surface area contributed by atoms with Crippen molar-refractivity contribution in [3.63, 3.8) is 0 Å². The molecule has 0 radical (unpaired) electrons. The predicted molar refractivity (Wildman–Crippen MR) is 107 cm³/mol. The van der Waals surface area contributed by atoms with Gasteiger partial charge in [-0.3, -0.25) is 4.79 Å². The summed E-state index contributed by atoms with van der Waals surface area (Å²) >= 11 is 3.47. The molecule has 1 N–H and O–H groups in total. The third kappa shape index (κ3) is 3.11. The van der Waals surface area contributed by atoms with Crippen molar-refractivity contribution >= 4 is 36.4 Å². The van der Waals surface area contributed by atoms with Gasteiger partial charge in [0.05, 0.1) is 5.92 Å². The minimum atomic E-state index is -0.342. The van der Waals surface area contributed by atoms with E-state index in [1.165, 1.54) is 0 Å². The third-order valence-electron chi connectivity index (χ3n) is 4.47. The molecule has 0 aromatic heterocycles. The van der Waals surface area contributed by atoms with Crippen molar-refractivity contribution in [1.29, 1.82) is 0 Å². The Kier molecular flexibility index (Phi) is 4.16. The minimum absolute atomic E-state index is 0.0229. The summed E-state index contributed by atoms with van der Waals surface area (Å²) < 4.78 is 0. The summed E-state index contributed by atoms with van der Waals surface area (Å²) in [5.41, 5.74) is 5.00. The Morgan fingerprint density at radius 2 is 1.28 bits per heavy atom. The molecule has 122 valence electrons. The van der Waals surface area contributed by atoms with E-state index >= 15 is 0 Å². The molecule has 25 heavy (non-hydrogen) atoms. The number of hydrogen-bond donors (Lipinski definition) is 1. The topological polar surface area (TPSA) is 29.1 Å². The van der Waals surface area contributed by atoms with Gasteiger partial charge in [0.15, 0.2) is 0 Å². The van der Waals surface area contributed by atoms with Crippen LogP contribution in [0.1, 0.15) is 28.2 Å². The monoisotopic (exact) mass is 344 g/mol. The highest BCUT2D eigenvalue weighted by Crippen LogP contribution is 2.35. The van der Waals surface area contributed by atoms with Crippen LogP contribution in [0.25, 0.3) is 12.2 Å². The van der Waals surface area contributed by atoms with Crippen molar-refractivity contribution < 1.29 is 4.79 Å². The van der Waals surface area contributed by atoms with Crippen LogP contribution >= 0.6 is 0 Å². The summed E-state index contributed by atoms with van der Waals surface area (Å²) in [6, 6.07) is 23.8. The molecule has 1 aliphatic carbocycles. The number of nitrogens with one attached hydrogen (secondary N) is 1. The minimum Gasteiger partial charge on any atom is -0.325 e. The maximum Gasteiger partial charge on any atom is 0.236 e. The van der Waals surface area contributed by atoms with E-state index in [1.54, 1.807) is 0 Å². The molecule has 0 spiro atoms. The third-order valence-corrected chi connectivity index (χ3v) is 4.80. The van der Waals surface area contributed by atoms with Gasteiger partial charge in [-0.05, 0) is 59.1 Å². The highest BCUT2D eigenvalue weighted by Gasteiger charge is 2.27. The van der Waals surface area contributed by atoms with Gasteiger partial charge in [-0.1, -0.05) is 60.7 Å². The lowest BCUT2D eigenvalue weighted by Gasteiger charge is -2.20. The molecule has 0 aliphatic heterocycles. The van der Waals surface area contributed by atoms with Gasteiger partial charge in [0.25, 0.3) is 0 Å². The van der Waals surface area contributed by atoms with Gasteiger partial charge in [-0.2, -0.15) is 0 Å². The highest BCUT2D eigenvalue weighted by molar-refractivity contribution is 7.58. The maximum absolute atomic E-state index is 13.2. The largest absolute Gasteiger partial charge is 0.325 e. The van der Waals surface area contributed by atoms with E-state index in [-0.39, 0.29) is 11.8 Å². The molecule has 2 nitrogen and oxygen atoms in total. The van der Waals surface area contributed by atoms with Crippen LogP contribution in [0, 0.1) is 0 Å². The molecule has 1 aliphatic rings. The molecule has 0 saturated carbocycles. The average molecular weight is 344 g/mol. The van der Waals surface area contributed by atoms with Gasteiger partial charge < -0.3 is 5.32 Å². The fourth-order valence-electron chi connectivity index (χ4n) is 3.25. The second-order valence-corrected chi connectivity index (χ2v) is 6.67. The molecule has 0 fully saturated rings. The Hall–Kier alpha value is -2.78. The van der Waals surface area contributed by atoms with Crippen molar-refractivity contribution in [2.45, 2.75) is 10.8 Å². The number of anilines is 1. The standard InChI is InChI=1S/C22H17NOS/c24-22(23-17-11-13-18(25)14-12-17)21-19-7-3-1-5-15(19)9-10-16-6-2-4-8-20(16)21/h1-14,21,25H,(H,23,24)/p+1. The number of carbonyl (C=O) groups is 1. The first-order valence-corrected chi connectivity index (χ1v) is 8.71. The van der Waals surface area contributed by atoms with Crippen molar-refractivity contribution in [2.24, 2.45) is 0 Å². The van der Waals surface area contributed by atoms with E-state index in [1.807, 2.05) is 60.7 Å². The van der Waals surface area contributed by atoms with Crippen molar-refractivity contribution in [2.75, 3.05) is 5.32 Å². The Bertz CT molecular complexity index is 910. The first-order valence-electron chi connectivity index (χ1n) is 8.21. The molecule has 0 heterocycles. The van der Waals surface area contributed by atoms with E-state index in [0.717, 1.165) is 32.8 Å². The van der Waals surface area contributed by atoms with Gasteiger partial charge in [0.1, 0.15) is 4.90 Å². The molecule has 0 saturated heterocycles. The molecule has 3 heteroatoms. The number of carbonyl (C=O) groups excluding carboxylic acids is 1. The van der Waals surface area contributed by atoms with Crippen LogP contribution in [0.2, 0.25) is 0 Å². The highest BCUT2D eigenvalue weighted by atomic mass is 32.1. The van der Waals surface area contributed by atoms with Gasteiger partial charge in [-0.15, -0.1) is 0 Å². The lowest BCUT2D eigenvalue weighted by Crippen LogP contribution is -2.23. The first-order chi connectivity index (χ1) is 12.2. The summed E-state index contributed by atoms with van der Waals surface area (Å²) in [5, 5.41) is 3.06. The second-order valence-electron chi connectivity index (χ2n) is 6.09. The fraction of sp³-hybridized carbons (Fsp3) is 0.0455. The number of fused-ring (bicyclic) bond motifs is 2. The van der Waals surface area contributed by atoms with Crippen LogP contribution in [-0.4, -0.2) is 5.91 Å². The molecule has 0 unspecified atom stereocenters. The zero-order valence-corrected chi connectivity index (χ0v) is 14.6. The summed E-state index contributed by atoms with van der Waals surface area (Å²) in [4.78, 5) is 14.2. The van der Waals surface area contributed by atoms with Gasteiger partial charge in [0, 0.05) is 5.69 Å². The van der Waals surface area contributed by atoms with Crippen LogP contribution < -0.4 is 5.32 Å². The van der Waals surface area contributed by atoms with Crippen LogP contribution in [-0.2, 0) is 17.4 Å². The van der Waals surface area contributed by atoms with Crippen molar-refractivity contribution in [3.8, 4) is 0 Å². The molecular weight excluding hydrogens is 326 g/mol. The Labute approximate surface area is 152 Å². The van der Waals surface area contributed by atoms with E-state index in [4.69, 9.17) is 0 Å². The number of hydrogen-bond acceptors (Lipinski definition) is 1. The summed E-state index contributed by atoms with van der Waals surface area (Å²) in [6.45, 7) is 0. The number of amides is 1. The zero-order valence-electron chi connectivity index (χ0n) is 13.6. The SMILES string of the molecule is O=C(Nc1ccc([SH2+])cc1)C1c2ccccc2C=Cc2ccccc21. The normalized spacial score (nSPS) is 12.8. The predicted octanol–water partition coefficient (Wildman–Crippen LogP) is 4.31. The zero-order chi connectivity index (χ0) is 17.2. The van der Waals surface area contributed by atoms with E-state index in [2.05, 4.69) is 42.2 Å². The van der Waals surface area contributed by atoms with Crippen LogP contribution in [0.3, 0.4) is 0 Å². The lowest BCUT2D eigenvalue weighted by molar-refractivity contribution is -0.116. The average Bonchev–Trinajstić information content (AvgIpc) is 2.80. The molecular formula is C22H18NOS+. The quantitative estimate of drug-likeness (QED) is 0.690. The van der Waals surface area contributed by atoms with Crippen LogP contribution in [0.15, 0.2) is 77.7 Å². The Balaban J connectivity index is 1.78. The lowest BCUT2D eigenvalue weighted by atomic mass is 9.87. The van der Waals surface area contributed by atoms with Gasteiger partial charge >= 0.3 is 0 Å². The van der Waals surface area contributed by atoms with Crippen LogP contribution in [0.4, 0.5) is 5.69 Å². The van der Waals surface area contributed by atoms with E-state index in [0.29, 0.717) is 0 Å². The Morgan fingerprint density at radius 1 is 0.760 bits per heavy atom. The smallest absolute Gasteiger partial charge is 0.236 e.